The van der Waals surface area contributed by atoms with Gasteiger partial charge in [0.2, 0.25) is 0 Å². The minimum absolute atomic E-state index is 0.491. The first-order valence-electron chi connectivity index (χ1n) is 4.38. The Labute approximate surface area is 107 Å². The molecule has 2 nitrogen and oxygen atoms in total. The average Bonchev–Trinajstić information content (AvgIpc) is 2.22. The number of aromatic nitrogens is 1. The molecule has 0 atom stereocenters. The normalized spacial score (nSPS) is 10.0. The molecule has 0 unspecified atom stereocenters. The van der Waals surface area contributed by atoms with Crippen molar-refractivity contribution in [2.45, 2.75) is 0 Å². The second-order valence-corrected chi connectivity index (χ2v) is 4.63. The molecule has 0 aliphatic carbocycles. The molecule has 15 heavy (non-hydrogen) atoms. The predicted octanol–water partition coefficient (Wildman–Crippen LogP) is 4.08. The molecule has 2 rings (SSSR count). The molecule has 1 N–H and O–H groups in total. The minimum atomic E-state index is 0.491. The van der Waals surface area contributed by atoms with Crippen molar-refractivity contribution >= 4 is 45.6 Å². The smallest absolute Gasteiger partial charge is 0.131 e. The second kappa shape index (κ2) is 4.81. The maximum absolute atomic E-state index is 5.78. The number of nitrogens with zero attached hydrogens (tertiary/aromatic N) is 1. The molecule has 1 aromatic carbocycles. The molecule has 0 aliphatic heterocycles. The molecular weight excluding hydrogens is 322 g/mol. The van der Waals surface area contributed by atoms with Crippen molar-refractivity contribution in [3.63, 3.8) is 0 Å². The molecule has 0 amide bonds. The van der Waals surface area contributed by atoms with Crippen LogP contribution in [-0.4, -0.2) is 4.98 Å². The molecule has 2 aromatic rings. The van der Waals surface area contributed by atoms with Crippen LogP contribution in [0.15, 0.2) is 42.6 Å². The molecule has 0 saturated carbocycles. The fraction of sp³-hybridized carbons (Fsp3) is 0. The largest absolute Gasteiger partial charge is 0.355 e. The van der Waals surface area contributed by atoms with Crippen LogP contribution < -0.4 is 5.32 Å². The fourth-order valence-corrected chi connectivity index (χ4v) is 1.71. The van der Waals surface area contributed by atoms with E-state index in [0.717, 1.165) is 11.4 Å². The third-order valence-corrected chi connectivity index (χ3v) is 2.79. The Balaban J connectivity index is 2.18. The van der Waals surface area contributed by atoms with Crippen LogP contribution in [0.2, 0.25) is 5.15 Å². The van der Waals surface area contributed by atoms with Crippen molar-refractivity contribution in [3.8, 4) is 0 Å². The Morgan fingerprint density at radius 2 is 1.80 bits per heavy atom. The molecule has 1 aromatic heterocycles. The first-order chi connectivity index (χ1) is 7.24. The molecule has 4 heteroatoms. The molecule has 1 heterocycles. The van der Waals surface area contributed by atoms with E-state index >= 15 is 0 Å². The van der Waals surface area contributed by atoms with Crippen LogP contribution in [0.5, 0.6) is 0 Å². The van der Waals surface area contributed by atoms with Crippen molar-refractivity contribution in [3.05, 3.63) is 51.3 Å². The van der Waals surface area contributed by atoms with Gasteiger partial charge in [-0.2, -0.15) is 0 Å². The van der Waals surface area contributed by atoms with Gasteiger partial charge in [0.25, 0.3) is 0 Å². The summed E-state index contributed by atoms with van der Waals surface area (Å²) in [6, 6.07) is 11.8. The number of pyridine rings is 1. The van der Waals surface area contributed by atoms with E-state index in [-0.39, 0.29) is 0 Å². The lowest BCUT2D eigenvalue weighted by atomic mass is 10.3. The molecule has 0 aliphatic rings. The highest BCUT2D eigenvalue weighted by Gasteiger charge is 1.95. The predicted molar refractivity (Wildman–Crippen MR) is 71.7 cm³/mol. The Morgan fingerprint density at radius 3 is 2.47 bits per heavy atom. The van der Waals surface area contributed by atoms with Crippen LogP contribution in [0.25, 0.3) is 0 Å². The van der Waals surface area contributed by atoms with Gasteiger partial charge < -0.3 is 5.32 Å². The van der Waals surface area contributed by atoms with Crippen LogP contribution in [0.3, 0.4) is 0 Å². The van der Waals surface area contributed by atoms with Gasteiger partial charge in [0.1, 0.15) is 5.15 Å². The molecule has 0 fully saturated rings. The zero-order chi connectivity index (χ0) is 10.7. The van der Waals surface area contributed by atoms with Crippen LogP contribution in [0.1, 0.15) is 0 Å². The number of anilines is 2. The summed E-state index contributed by atoms with van der Waals surface area (Å²) in [7, 11) is 0. The fourth-order valence-electron chi connectivity index (χ4n) is 1.18. The monoisotopic (exact) mass is 330 g/mol. The van der Waals surface area contributed by atoms with Crippen molar-refractivity contribution < 1.29 is 0 Å². The highest BCUT2D eigenvalue weighted by atomic mass is 127. The summed E-state index contributed by atoms with van der Waals surface area (Å²) in [5.74, 6) is 0. The number of nitrogens with one attached hydrogen (secondary N) is 1. The first kappa shape index (κ1) is 10.7. The summed E-state index contributed by atoms with van der Waals surface area (Å²) in [5, 5.41) is 3.74. The van der Waals surface area contributed by atoms with Crippen molar-refractivity contribution in [2.24, 2.45) is 0 Å². The first-order valence-corrected chi connectivity index (χ1v) is 5.84. The topological polar surface area (TPSA) is 24.9 Å². The minimum Gasteiger partial charge on any atom is -0.355 e. The average molecular weight is 331 g/mol. The third kappa shape index (κ3) is 3.07. The van der Waals surface area contributed by atoms with Gasteiger partial charge in [-0.3, -0.25) is 0 Å². The number of benzene rings is 1. The van der Waals surface area contributed by atoms with E-state index in [1.807, 2.05) is 30.3 Å². The van der Waals surface area contributed by atoms with E-state index in [2.05, 4.69) is 32.9 Å². The zero-order valence-corrected chi connectivity index (χ0v) is 10.7. The third-order valence-electron chi connectivity index (χ3n) is 1.86. The van der Waals surface area contributed by atoms with Gasteiger partial charge in [0.15, 0.2) is 0 Å². The summed E-state index contributed by atoms with van der Waals surface area (Å²) in [4.78, 5) is 3.92. The SMILES string of the molecule is Clc1cc(Nc2ccc(I)cc2)ccn1. The van der Waals surface area contributed by atoms with Gasteiger partial charge >= 0.3 is 0 Å². The summed E-state index contributed by atoms with van der Waals surface area (Å²) in [5.41, 5.74) is 1.98. The number of hydrogen-bond acceptors (Lipinski definition) is 2. The van der Waals surface area contributed by atoms with Crippen LogP contribution in [0.4, 0.5) is 11.4 Å². The molecular formula is C11H8ClIN2. The van der Waals surface area contributed by atoms with Gasteiger partial charge in [-0.15, -0.1) is 0 Å². The van der Waals surface area contributed by atoms with Gasteiger partial charge in [0.05, 0.1) is 0 Å². The highest BCUT2D eigenvalue weighted by Crippen LogP contribution is 2.19. The molecule has 0 saturated heterocycles. The number of rotatable bonds is 2. The maximum Gasteiger partial charge on any atom is 0.131 e. The quantitative estimate of drug-likeness (QED) is 0.663. The van der Waals surface area contributed by atoms with Crippen molar-refractivity contribution in [2.75, 3.05) is 5.32 Å². The van der Waals surface area contributed by atoms with Crippen molar-refractivity contribution in [1.29, 1.82) is 0 Å². The van der Waals surface area contributed by atoms with E-state index < -0.39 is 0 Å². The molecule has 0 spiro atoms. The second-order valence-electron chi connectivity index (χ2n) is 3.00. The van der Waals surface area contributed by atoms with Crippen LogP contribution in [0, 0.1) is 3.57 Å². The van der Waals surface area contributed by atoms with Gasteiger partial charge in [-0.1, -0.05) is 11.6 Å². The molecule has 76 valence electrons. The van der Waals surface area contributed by atoms with Crippen LogP contribution in [-0.2, 0) is 0 Å². The molecule has 0 radical (unpaired) electrons. The lowest BCUT2D eigenvalue weighted by Crippen LogP contribution is -1.90. The van der Waals surface area contributed by atoms with E-state index in [1.54, 1.807) is 12.3 Å². The van der Waals surface area contributed by atoms with Crippen molar-refractivity contribution in [1.82, 2.24) is 4.98 Å². The Bertz CT molecular complexity index is 456. The van der Waals surface area contributed by atoms with E-state index in [9.17, 15) is 0 Å². The lowest BCUT2D eigenvalue weighted by molar-refractivity contribution is 1.32. The Kier molecular flexibility index (Phi) is 3.43. The summed E-state index contributed by atoms with van der Waals surface area (Å²) in [6.07, 6.45) is 1.68. The van der Waals surface area contributed by atoms with Crippen LogP contribution >= 0.6 is 34.2 Å². The standard InChI is InChI=1S/C11H8ClIN2/c12-11-7-10(5-6-14-11)15-9-3-1-8(13)2-4-9/h1-7H,(H,14,15). The van der Waals surface area contributed by atoms with E-state index in [1.165, 1.54) is 3.57 Å². The Morgan fingerprint density at radius 1 is 1.07 bits per heavy atom. The summed E-state index contributed by atoms with van der Waals surface area (Å²) >= 11 is 8.06. The molecule has 0 bridgehead atoms. The van der Waals surface area contributed by atoms with E-state index in [4.69, 9.17) is 11.6 Å². The zero-order valence-electron chi connectivity index (χ0n) is 7.74. The summed E-state index contributed by atoms with van der Waals surface area (Å²) < 4.78 is 1.21. The lowest BCUT2D eigenvalue weighted by Gasteiger charge is -2.05. The number of halogens is 2. The number of hydrogen-bond donors (Lipinski definition) is 1. The van der Waals surface area contributed by atoms with Gasteiger partial charge in [-0.25, -0.2) is 4.98 Å². The highest BCUT2D eigenvalue weighted by molar-refractivity contribution is 14.1. The van der Waals surface area contributed by atoms with E-state index in [0.29, 0.717) is 5.15 Å². The van der Waals surface area contributed by atoms with Gasteiger partial charge in [-0.05, 0) is 59.0 Å². The maximum atomic E-state index is 5.78. The van der Waals surface area contributed by atoms with Gasteiger partial charge in [0, 0.05) is 21.1 Å². The Hall–Kier alpha value is -0.810. The summed E-state index contributed by atoms with van der Waals surface area (Å²) in [6.45, 7) is 0.